The normalized spacial score (nSPS) is 17.8. The summed E-state index contributed by atoms with van der Waals surface area (Å²) in [6.07, 6.45) is 6.07. The number of thiophene rings is 2. The van der Waals surface area contributed by atoms with Crippen LogP contribution in [0.3, 0.4) is 0 Å². The first-order chi connectivity index (χ1) is 16.6. The molecule has 3 aromatic heterocycles. The van der Waals surface area contributed by atoms with Crippen LogP contribution in [0.4, 0.5) is 0 Å². The lowest BCUT2D eigenvalue weighted by atomic mass is 10.2. The van der Waals surface area contributed by atoms with Gasteiger partial charge < -0.3 is 9.80 Å². The number of hydrogen-bond acceptors (Lipinski definition) is 7. The maximum Gasteiger partial charge on any atom is 0.263 e. The molecule has 34 heavy (non-hydrogen) atoms. The molecule has 0 saturated carbocycles. The number of carbonyl (C=O) groups excluding carboxylic acids is 2. The molecule has 2 saturated heterocycles. The van der Waals surface area contributed by atoms with Gasteiger partial charge in [-0.25, -0.2) is 4.98 Å². The molecule has 0 spiro atoms. The van der Waals surface area contributed by atoms with Crippen LogP contribution in [0.1, 0.15) is 25.7 Å². The van der Waals surface area contributed by atoms with E-state index in [1.54, 1.807) is 16.2 Å². The van der Waals surface area contributed by atoms with E-state index in [2.05, 4.69) is 9.88 Å². The number of carbonyl (C=O) groups is 2. The molecule has 10 heteroatoms. The van der Waals surface area contributed by atoms with E-state index in [1.807, 2.05) is 27.8 Å². The summed E-state index contributed by atoms with van der Waals surface area (Å²) in [5, 5.41) is 4.53. The van der Waals surface area contributed by atoms with Gasteiger partial charge in [0.2, 0.25) is 11.8 Å². The lowest BCUT2D eigenvalue weighted by Crippen LogP contribution is -2.52. The summed E-state index contributed by atoms with van der Waals surface area (Å²) in [7, 11) is 0. The molecular weight excluding hydrogens is 470 g/mol. The zero-order valence-electron chi connectivity index (χ0n) is 19.1. The quantitative estimate of drug-likeness (QED) is 0.539. The second-order valence-electron chi connectivity index (χ2n) is 8.94. The van der Waals surface area contributed by atoms with Gasteiger partial charge in [-0.05, 0) is 24.3 Å². The van der Waals surface area contributed by atoms with Crippen molar-refractivity contribution in [2.75, 3.05) is 45.8 Å². The van der Waals surface area contributed by atoms with E-state index >= 15 is 0 Å². The third-order valence-electron chi connectivity index (χ3n) is 6.70. The van der Waals surface area contributed by atoms with Crippen LogP contribution in [-0.4, -0.2) is 81.9 Å². The third-order valence-corrected chi connectivity index (χ3v) is 8.49. The van der Waals surface area contributed by atoms with Crippen LogP contribution < -0.4 is 5.56 Å². The minimum absolute atomic E-state index is 0.0196. The van der Waals surface area contributed by atoms with Gasteiger partial charge in [-0.15, -0.1) is 22.7 Å². The molecular formula is C24H29N5O3S2. The Bertz CT molecular complexity index is 1200. The summed E-state index contributed by atoms with van der Waals surface area (Å²) in [4.78, 5) is 50.9. The maximum atomic E-state index is 13.2. The molecule has 2 aliphatic rings. The summed E-state index contributed by atoms with van der Waals surface area (Å²) in [6.45, 7) is 4.60. The molecule has 8 nitrogen and oxygen atoms in total. The largest absolute Gasteiger partial charge is 0.342 e. The molecule has 0 aliphatic carbocycles. The molecule has 2 amide bonds. The maximum absolute atomic E-state index is 13.2. The molecule has 2 aliphatic heterocycles. The highest BCUT2D eigenvalue weighted by Gasteiger charge is 2.25. The van der Waals surface area contributed by atoms with E-state index in [4.69, 9.17) is 0 Å². The van der Waals surface area contributed by atoms with E-state index in [9.17, 15) is 14.4 Å². The Labute approximate surface area is 206 Å². The molecule has 0 aromatic carbocycles. The van der Waals surface area contributed by atoms with Crippen LogP contribution in [0, 0.1) is 0 Å². The van der Waals surface area contributed by atoms with Crippen molar-refractivity contribution in [2.45, 2.75) is 32.2 Å². The number of nitrogens with zero attached hydrogens (tertiary/aromatic N) is 5. The van der Waals surface area contributed by atoms with Crippen molar-refractivity contribution < 1.29 is 9.59 Å². The van der Waals surface area contributed by atoms with Crippen molar-refractivity contribution in [3.05, 3.63) is 39.6 Å². The topological polar surface area (TPSA) is 78.8 Å². The van der Waals surface area contributed by atoms with Crippen molar-refractivity contribution in [3.8, 4) is 10.4 Å². The summed E-state index contributed by atoms with van der Waals surface area (Å²) in [5.74, 6) is 0.111. The van der Waals surface area contributed by atoms with Gasteiger partial charge >= 0.3 is 0 Å². The van der Waals surface area contributed by atoms with Crippen molar-refractivity contribution in [1.82, 2.24) is 24.3 Å². The number of aromatic nitrogens is 2. The average molecular weight is 500 g/mol. The summed E-state index contributed by atoms with van der Waals surface area (Å²) >= 11 is 3.03. The molecule has 0 radical (unpaired) electrons. The highest BCUT2D eigenvalue weighted by molar-refractivity contribution is 7.18. The Hall–Kier alpha value is -2.56. The molecule has 180 valence electrons. The van der Waals surface area contributed by atoms with Gasteiger partial charge in [0.25, 0.3) is 5.56 Å². The monoisotopic (exact) mass is 499 g/mol. The van der Waals surface area contributed by atoms with Crippen LogP contribution >= 0.6 is 22.7 Å². The van der Waals surface area contributed by atoms with Crippen LogP contribution in [0.2, 0.25) is 0 Å². The predicted molar refractivity (Wildman–Crippen MR) is 135 cm³/mol. The molecule has 0 bridgehead atoms. The highest BCUT2D eigenvalue weighted by atomic mass is 32.1. The van der Waals surface area contributed by atoms with E-state index < -0.39 is 0 Å². The molecule has 3 aromatic rings. The van der Waals surface area contributed by atoms with Gasteiger partial charge in [0.1, 0.15) is 11.4 Å². The Kier molecular flexibility index (Phi) is 7.07. The van der Waals surface area contributed by atoms with Crippen molar-refractivity contribution in [1.29, 1.82) is 0 Å². The highest BCUT2D eigenvalue weighted by Crippen LogP contribution is 2.33. The molecule has 5 rings (SSSR count). The minimum atomic E-state index is -0.176. The fourth-order valence-electron chi connectivity index (χ4n) is 4.71. The molecule has 2 fully saturated rings. The molecule has 0 unspecified atom stereocenters. The van der Waals surface area contributed by atoms with Gasteiger partial charge in [0.05, 0.1) is 18.3 Å². The van der Waals surface area contributed by atoms with Gasteiger partial charge in [-0.2, -0.15) is 0 Å². The summed E-state index contributed by atoms with van der Waals surface area (Å²) in [5.41, 5.74) is 0.710. The van der Waals surface area contributed by atoms with Gasteiger partial charge in [-0.3, -0.25) is 23.9 Å². The zero-order chi connectivity index (χ0) is 23.5. The predicted octanol–water partition coefficient (Wildman–Crippen LogP) is 2.73. The van der Waals surface area contributed by atoms with Crippen LogP contribution in [0.15, 0.2) is 34.0 Å². The van der Waals surface area contributed by atoms with E-state index in [0.29, 0.717) is 42.9 Å². The van der Waals surface area contributed by atoms with Gasteiger partial charge in [0, 0.05) is 55.1 Å². The van der Waals surface area contributed by atoms with Crippen molar-refractivity contribution >= 4 is 44.7 Å². The summed E-state index contributed by atoms with van der Waals surface area (Å²) in [6, 6.07) is 3.95. The number of fused-ring (bicyclic) bond motifs is 1. The first-order valence-electron chi connectivity index (χ1n) is 11.9. The smallest absolute Gasteiger partial charge is 0.263 e. The van der Waals surface area contributed by atoms with Crippen molar-refractivity contribution in [3.63, 3.8) is 0 Å². The number of hydrogen-bond donors (Lipinski definition) is 0. The fourth-order valence-corrected chi connectivity index (χ4v) is 6.43. The summed E-state index contributed by atoms with van der Waals surface area (Å²) < 4.78 is 1.42. The Morgan fingerprint density at radius 3 is 2.29 bits per heavy atom. The van der Waals surface area contributed by atoms with E-state index in [-0.39, 0.29) is 23.9 Å². The fraction of sp³-hybridized carbons (Fsp3) is 0.500. The first-order valence-corrected chi connectivity index (χ1v) is 13.6. The van der Waals surface area contributed by atoms with Crippen LogP contribution in [-0.2, 0) is 16.1 Å². The lowest BCUT2D eigenvalue weighted by molar-refractivity contribution is -0.135. The van der Waals surface area contributed by atoms with E-state index in [1.165, 1.54) is 35.1 Å². The second-order valence-corrected chi connectivity index (χ2v) is 10.7. The van der Waals surface area contributed by atoms with Crippen LogP contribution in [0.5, 0.6) is 0 Å². The number of likely N-dealkylation sites (tertiary alicyclic amines) is 1. The lowest BCUT2D eigenvalue weighted by Gasteiger charge is -2.35. The zero-order valence-corrected chi connectivity index (χ0v) is 20.8. The van der Waals surface area contributed by atoms with E-state index in [0.717, 1.165) is 36.4 Å². The Morgan fingerprint density at radius 2 is 1.59 bits per heavy atom. The van der Waals surface area contributed by atoms with Gasteiger partial charge in [-0.1, -0.05) is 18.9 Å². The standard InChI is InChI=1S/C24H29N5O3S2/c30-20(27-7-3-1-2-4-8-27)14-26-9-11-28(12-10-26)21(31)15-29-17-25-23-22(24(29)32)18(16-34-23)19-6-5-13-33-19/h5-6,13,16-17H,1-4,7-12,14-15H2. The number of rotatable bonds is 5. The average Bonchev–Trinajstić information content (AvgIpc) is 3.45. The van der Waals surface area contributed by atoms with Gasteiger partial charge in [0.15, 0.2) is 0 Å². The number of amides is 2. The minimum Gasteiger partial charge on any atom is -0.342 e. The van der Waals surface area contributed by atoms with Crippen molar-refractivity contribution in [2.24, 2.45) is 0 Å². The third kappa shape index (κ3) is 4.94. The Morgan fingerprint density at radius 1 is 0.882 bits per heavy atom. The first kappa shape index (κ1) is 23.2. The van der Waals surface area contributed by atoms with Crippen LogP contribution in [0.25, 0.3) is 20.7 Å². The molecule has 0 N–H and O–H groups in total. The molecule has 5 heterocycles. The number of piperazine rings is 1. The SMILES string of the molecule is O=C(CN1CCN(C(=O)Cn2cnc3scc(-c4cccs4)c3c2=O)CC1)N1CCCCCC1. The molecule has 0 atom stereocenters. The second kappa shape index (κ2) is 10.4. The Balaban J connectivity index is 1.19.